The zero-order chi connectivity index (χ0) is 26.6. The summed E-state index contributed by atoms with van der Waals surface area (Å²) in [6, 6.07) is 3.45. The highest BCUT2D eigenvalue weighted by atomic mass is 35.5. The van der Waals surface area contributed by atoms with E-state index < -0.39 is 11.8 Å². The summed E-state index contributed by atoms with van der Waals surface area (Å²) in [6.07, 6.45) is 8.05. The molecular weight excluding hydrogens is 538 g/mol. The van der Waals surface area contributed by atoms with E-state index in [0.717, 1.165) is 49.5 Å². The van der Waals surface area contributed by atoms with Crippen molar-refractivity contribution in [3.63, 3.8) is 0 Å². The largest absolute Gasteiger partial charge is 0.478 e. The highest BCUT2D eigenvalue weighted by Crippen LogP contribution is 2.45. The summed E-state index contributed by atoms with van der Waals surface area (Å²) in [5, 5.41) is 18.0. The molecule has 38 heavy (non-hydrogen) atoms. The summed E-state index contributed by atoms with van der Waals surface area (Å²) >= 11 is 12.7. The maximum absolute atomic E-state index is 14.1. The molecule has 1 aliphatic carbocycles. The molecular formula is C26H23Cl2FN4O5. The number of rotatable bonds is 12. The maximum atomic E-state index is 14.1. The van der Waals surface area contributed by atoms with Gasteiger partial charge in [0, 0.05) is 42.5 Å². The van der Waals surface area contributed by atoms with Crippen LogP contribution < -0.4 is 0 Å². The Kier molecular flexibility index (Phi) is 8.01. The summed E-state index contributed by atoms with van der Waals surface area (Å²) in [6.45, 7) is 0.850. The van der Waals surface area contributed by atoms with Crippen LogP contribution in [-0.2, 0) is 17.8 Å². The highest BCUT2D eigenvalue weighted by molar-refractivity contribution is 6.38. The molecule has 0 atom stereocenters. The van der Waals surface area contributed by atoms with Crippen molar-refractivity contribution in [1.82, 2.24) is 20.3 Å². The van der Waals surface area contributed by atoms with Crippen molar-refractivity contribution in [2.75, 3.05) is 6.61 Å². The number of carboxylic acids is 1. The average Bonchev–Trinajstić information content (AvgIpc) is 3.49. The third kappa shape index (κ3) is 5.87. The summed E-state index contributed by atoms with van der Waals surface area (Å²) in [5.41, 5.74) is 1.97. The first kappa shape index (κ1) is 26.3. The second-order valence-electron chi connectivity index (χ2n) is 9.00. The van der Waals surface area contributed by atoms with Crippen LogP contribution in [0.15, 0.2) is 39.6 Å². The Morgan fingerprint density at radius 2 is 1.89 bits per heavy atom. The SMILES string of the molecule is O=C(O)c1ccc(F)c(-c2noc(CCCCCOCc3c(-c4c(Cl)cncc4Cl)noc3C3CC3)n2)c1. The molecule has 4 aromatic rings. The molecule has 0 saturated heterocycles. The van der Waals surface area contributed by atoms with Crippen LogP contribution >= 0.6 is 23.2 Å². The van der Waals surface area contributed by atoms with Gasteiger partial charge < -0.3 is 18.9 Å². The fraction of sp³-hybridized carbons (Fsp3) is 0.346. The molecule has 0 amide bonds. The standard InChI is InChI=1S/C26H23Cl2FN4O5/c27-18-11-30-12-19(28)22(18)23-17(24(38-32-23)14-5-6-14)13-36-9-3-1-2-4-21-31-25(33-37-21)16-10-15(26(34)35)7-8-20(16)29/h7-8,10-12,14H,1-6,9,13H2,(H,34,35). The zero-order valence-corrected chi connectivity index (χ0v) is 21.6. The van der Waals surface area contributed by atoms with Crippen molar-refractivity contribution >= 4 is 29.2 Å². The molecule has 0 aliphatic heterocycles. The minimum absolute atomic E-state index is 0.0127. The van der Waals surface area contributed by atoms with Gasteiger partial charge in [-0.1, -0.05) is 39.9 Å². The van der Waals surface area contributed by atoms with E-state index in [-0.39, 0.29) is 17.0 Å². The minimum atomic E-state index is -1.16. The van der Waals surface area contributed by atoms with Gasteiger partial charge in [0.15, 0.2) is 0 Å². The van der Waals surface area contributed by atoms with Crippen molar-refractivity contribution in [3.05, 3.63) is 69.2 Å². The van der Waals surface area contributed by atoms with Gasteiger partial charge in [0.1, 0.15) is 17.3 Å². The third-order valence-corrected chi connectivity index (χ3v) is 6.78. The number of hydrogen-bond donors (Lipinski definition) is 1. The normalized spacial score (nSPS) is 13.2. The number of aromatic nitrogens is 4. The van der Waals surface area contributed by atoms with Crippen molar-refractivity contribution in [1.29, 1.82) is 0 Å². The minimum Gasteiger partial charge on any atom is -0.478 e. The highest BCUT2D eigenvalue weighted by Gasteiger charge is 2.33. The Labute approximate surface area is 226 Å². The molecule has 0 bridgehead atoms. The van der Waals surface area contributed by atoms with Gasteiger partial charge in [-0.25, -0.2) is 9.18 Å². The number of carbonyl (C=O) groups is 1. The van der Waals surface area contributed by atoms with E-state index in [9.17, 15) is 9.18 Å². The van der Waals surface area contributed by atoms with E-state index in [0.29, 0.717) is 52.7 Å². The molecule has 0 unspecified atom stereocenters. The van der Waals surface area contributed by atoms with E-state index in [1.54, 1.807) is 0 Å². The molecule has 1 N–H and O–H groups in total. The number of aromatic carboxylic acids is 1. The van der Waals surface area contributed by atoms with Crippen molar-refractivity contribution in [2.45, 2.75) is 51.0 Å². The zero-order valence-electron chi connectivity index (χ0n) is 20.1. The lowest BCUT2D eigenvalue weighted by Gasteiger charge is -2.08. The molecule has 0 spiro atoms. The van der Waals surface area contributed by atoms with Gasteiger partial charge in [0.2, 0.25) is 11.7 Å². The number of pyridine rings is 1. The molecule has 1 aromatic carbocycles. The predicted molar refractivity (Wildman–Crippen MR) is 136 cm³/mol. The number of nitrogens with zero attached hydrogens (tertiary/aromatic N) is 4. The van der Waals surface area contributed by atoms with Gasteiger partial charge in [0.25, 0.3) is 0 Å². The monoisotopic (exact) mass is 560 g/mol. The van der Waals surface area contributed by atoms with Crippen LogP contribution in [0.5, 0.6) is 0 Å². The van der Waals surface area contributed by atoms with Gasteiger partial charge in [-0.3, -0.25) is 4.98 Å². The summed E-state index contributed by atoms with van der Waals surface area (Å²) in [5.74, 6) is -0.236. The van der Waals surface area contributed by atoms with E-state index >= 15 is 0 Å². The fourth-order valence-electron chi connectivity index (χ4n) is 4.09. The van der Waals surface area contributed by atoms with E-state index in [1.165, 1.54) is 24.5 Å². The van der Waals surface area contributed by atoms with Crippen LogP contribution in [0.3, 0.4) is 0 Å². The Morgan fingerprint density at radius 3 is 2.63 bits per heavy atom. The number of benzene rings is 1. The Morgan fingerprint density at radius 1 is 1.11 bits per heavy atom. The van der Waals surface area contributed by atoms with Crippen molar-refractivity contribution in [3.8, 4) is 22.6 Å². The van der Waals surface area contributed by atoms with E-state index in [2.05, 4.69) is 20.3 Å². The first-order valence-electron chi connectivity index (χ1n) is 12.1. The van der Waals surface area contributed by atoms with Crippen LogP contribution in [0, 0.1) is 5.82 Å². The van der Waals surface area contributed by atoms with Gasteiger partial charge in [-0.15, -0.1) is 0 Å². The number of halogens is 3. The van der Waals surface area contributed by atoms with Crippen LogP contribution in [0.4, 0.5) is 4.39 Å². The number of unbranched alkanes of at least 4 members (excludes halogenated alkanes) is 2. The summed E-state index contributed by atoms with van der Waals surface area (Å²) in [4.78, 5) is 19.4. The van der Waals surface area contributed by atoms with Gasteiger partial charge in [0.05, 0.1) is 27.8 Å². The Balaban J connectivity index is 1.12. The molecule has 9 nitrogen and oxygen atoms in total. The van der Waals surface area contributed by atoms with E-state index in [1.807, 2.05) is 0 Å². The average molecular weight is 561 g/mol. The predicted octanol–water partition coefficient (Wildman–Crippen LogP) is 6.74. The van der Waals surface area contributed by atoms with Gasteiger partial charge >= 0.3 is 5.97 Å². The lowest BCUT2D eigenvalue weighted by molar-refractivity contribution is 0.0697. The van der Waals surface area contributed by atoms with Crippen LogP contribution in [-0.4, -0.2) is 38.0 Å². The second-order valence-corrected chi connectivity index (χ2v) is 9.82. The quantitative estimate of drug-likeness (QED) is 0.187. The number of carboxylic acid groups (broad SMARTS) is 1. The van der Waals surface area contributed by atoms with Crippen molar-refractivity contribution in [2.24, 2.45) is 0 Å². The maximum Gasteiger partial charge on any atom is 0.335 e. The third-order valence-electron chi connectivity index (χ3n) is 6.20. The molecule has 5 rings (SSSR count). The number of aryl methyl sites for hydroxylation is 1. The molecule has 3 aromatic heterocycles. The molecule has 1 fully saturated rings. The first-order chi connectivity index (χ1) is 18.4. The molecule has 1 saturated carbocycles. The molecule has 3 heterocycles. The van der Waals surface area contributed by atoms with E-state index in [4.69, 9.17) is 42.1 Å². The van der Waals surface area contributed by atoms with Crippen LogP contribution in [0.2, 0.25) is 10.0 Å². The molecule has 12 heteroatoms. The molecule has 1 aliphatic rings. The summed E-state index contributed by atoms with van der Waals surface area (Å²) in [7, 11) is 0. The Hall–Kier alpha value is -3.34. The Bertz CT molecular complexity index is 1430. The fourth-order valence-corrected chi connectivity index (χ4v) is 4.63. The van der Waals surface area contributed by atoms with Crippen LogP contribution in [0.1, 0.15) is 65.6 Å². The van der Waals surface area contributed by atoms with Gasteiger partial charge in [-0.05, 0) is 43.9 Å². The van der Waals surface area contributed by atoms with Gasteiger partial charge in [-0.2, -0.15) is 4.98 Å². The lowest BCUT2D eigenvalue weighted by Crippen LogP contribution is -2.00. The smallest absolute Gasteiger partial charge is 0.335 e. The topological polar surface area (TPSA) is 124 Å². The van der Waals surface area contributed by atoms with Crippen molar-refractivity contribution < 1.29 is 28.1 Å². The molecule has 198 valence electrons. The first-order valence-corrected chi connectivity index (χ1v) is 12.9. The second kappa shape index (κ2) is 11.6. The van der Waals surface area contributed by atoms with Crippen LogP contribution in [0.25, 0.3) is 22.6 Å². The lowest BCUT2D eigenvalue weighted by atomic mass is 10.1. The molecule has 0 radical (unpaired) electrons. The number of ether oxygens (including phenoxy) is 1. The number of hydrogen-bond acceptors (Lipinski definition) is 8. The summed E-state index contributed by atoms with van der Waals surface area (Å²) < 4.78 is 30.9.